The first-order valence-electron chi connectivity index (χ1n) is 10.1. The van der Waals surface area contributed by atoms with Gasteiger partial charge >= 0.3 is 0 Å². The van der Waals surface area contributed by atoms with Crippen LogP contribution in [0.4, 0.5) is 0 Å². The number of benzene rings is 3. The lowest BCUT2D eigenvalue weighted by Crippen LogP contribution is -1.98. The third-order valence-electron chi connectivity index (χ3n) is 5.05. The largest absolute Gasteiger partial charge is 0.151 e. The lowest BCUT2D eigenvalue weighted by Gasteiger charge is -2.17. The van der Waals surface area contributed by atoms with Gasteiger partial charge in [0.1, 0.15) is 0 Å². The molecule has 0 unspecified atom stereocenters. The second-order valence-electron chi connectivity index (χ2n) is 7.10. The summed E-state index contributed by atoms with van der Waals surface area (Å²) in [6.07, 6.45) is 19.2. The average molecular weight is 407 g/mol. The number of rotatable bonds is 7. The first kappa shape index (κ1) is 21.5. The van der Waals surface area contributed by atoms with E-state index in [9.17, 15) is 0 Å². The van der Waals surface area contributed by atoms with E-state index in [1.807, 2.05) is 18.2 Å². The summed E-state index contributed by atoms with van der Waals surface area (Å²) in [7, 11) is 0. The van der Waals surface area contributed by atoms with Crippen LogP contribution in [-0.4, -0.2) is 0 Å². The summed E-state index contributed by atoms with van der Waals surface area (Å²) < 4.78 is 0. The van der Waals surface area contributed by atoms with Gasteiger partial charge in [-0.15, -0.1) is 6.42 Å². The second kappa shape index (κ2) is 11.1. The zero-order valence-electron chi connectivity index (χ0n) is 17.3. The van der Waals surface area contributed by atoms with E-state index in [1.165, 1.54) is 38.6 Å². The molecular formula is C29H26S. The molecule has 0 bridgehead atoms. The van der Waals surface area contributed by atoms with Gasteiger partial charge in [-0.25, -0.2) is 0 Å². The minimum absolute atomic E-state index is 0.849. The van der Waals surface area contributed by atoms with E-state index >= 15 is 0 Å². The lowest BCUT2D eigenvalue weighted by atomic mass is 9.86. The van der Waals surface area contributed by atoms with Crippen molar-refractivity contribution < 1.29 is 0 Å². The predicted molar refractivity (Wildman–Crippen MR) is 136 cm³/mol. The molecular weight excluding hydrogens is 380 g/mol. The van der Waals surface area contributed by atoms with Gasteiger partial charge in [0, 0.05) is 0 Å². The summed E-state index contributed by atoms with van der Waals surface area (Å²) in [6, 6.07) is 21.6. The zero-order valence-corrected chi connectivity index (χ0v) is 18.1. The molecule has 0 saturated heterocycles. The first-order valence-corrected chi connectivity index (χ1v) is 10.6. The van der Waals surface area contributed by atoms with Gasteiger partial charge in [0.25, 0.3) is 0 Å². The van der Waals surface area contributed by atoms with Crippen LogP contribution >= 0.6 is 12.6 Å². The Hall–Kier alpha value is -3.21. The van der Waals surface area contributed by atoms with Crippen LogP contribution in [0.2, 0.25) is 0 Å². The number of fused-ring (bicyclic) bond motifs is 1. The van der Waals surface area contributed by atoms with Crippen LogP contribution in [0.15, 0.2) is 108 Å². The molecule has 0 radical (unpaired) electrons. The van der Waals surface area contributed by atoms with E-state index in [-0.39, 0.29) is 0 Å². The first-order chi connectivity index (χ1) is 14.7. The number of allylic oxidation sites excluding steroid dienone is 7. The Kier molecular flexibility index (Phi) is 7.95. The van der Waals surface area contributed by atoms with Crippen LogP contribution in [0.5, 0.6) is 0 Å². The van der Waals surface area contributed by atoms with E-state index in [2.05, 4.69) is 98.3 Å². The Bertz CT molecular complexity index is 1150. The highest BCUT2D eigenvalue weighted by atomic mass is 32.1. The van der Waals surface area contributed by atoms with E-state index in [0.717, 1.165) is 12.8 Å². The molecule has 0 fully saturated rings. The molecule has 0 N–H and O–H groups in total. The summed E-state index contributed by atoms with van der Waals surface area (Å²) >= 11 is 4.14. The molecule has 0 aromatic heterocycles. The van der Waals surface area contributed by atoms with E-state index in [1.54, 1.807) is 11.5 Å². The molecule has 0 aliphatic rings. The smallest absolute Gasteiger partial charge is 0.00673 e. The SMILES string of the molecule is C#C/C=C\C(C)=C/Cc1c(C/C=C\C=C/S)cc2ccccc2c1-c1ccccc1. The molecule has 0 heterocycles. The number of hydrogen-bond acceptors (Lipinski definition) is 1. The maximum absolute atomic E-state index is 5.37. The monoisotopic (exact) mass is 406 g/mol. The Labute approximate surface area is 185 Å². The normalized spacial score (nSPS) is 12.4. The minimum Gasteiger partial charge on any atom is -0.151 e. The van der Waals surface area contributed by atoms with Crippen molar-refractivity contribution in [1.29, 1.82) is 0 Å². The van der Waals surface area contributed by atoms with Crippen LogP contribution in [0.1, 0.15) is 18.1 Å². The molecule has 0 amide bonds. The molecule has 1 heteroatoms. The van der Waals surface area contributed by atoms with Crippen molar-refractivity contribution in [2.45, 2.75) is 19.8 Å². The summed E-state index contributed by atoms with van der Waals surface area (Å²) in [5.74, 6) is 2.57. The molecule has 0 nitrogen and oxygen atoms in total. The fourth-order valence-corrected chi connectivity index (χ4v) is 3.73. The van der Waals surface area contributed by atoms with Gasteiger partial charge in [-0.2, -0.15) is 12.6 Å². The summed E-state index contributed by atoms with van der Waals surface area (Å²) in [4.78, 5) is 0. The van der Waals surface area contributed by atoms with Gasteiger partial charge in [-0.05, 0) is 64.3 Å². The molecule has 0 atom stereocenters. The van der Waals surface area contributed by atoms with Gasteiger partial charge < -0.3 is 0 Å². The van der Waals surface area contributed by atoms with Crippen LogP contribution in [0, 0.1) is 12.3 Å². The Morgan fingerprint density at radius 1 is 1.00 bits per heavy atom. The fraction of sp³-hybridized carbons (Fsp3) is 0.103. The third-order valence-corrected chi connectivity index (χ3v) is 5.23. The molecule has 0 saturated carbocycles. The average Bonchev–Trinajstić information content (AvgIpc) is 2.79. The molecule has 3 aromatic carbocycles. The number of thiol groups is 1. The minimum atomic E-state index is 0.849. The summed E-state index contributed by atoms with van der Waals surface area (Å²) in [5.41, 5.74) is 6.41. The van der Waals surface area contributed by atoms with Crippen molar-refractivity contribution in [1.82, 2.24) is 0 Å². The lowest BCUT2D eigenvalue weighted by molar-refractivity contribution is 1.15. The zero-order chi connectivity index (χ0) is 21.2. The highest BCUT2D eigenvalue weighted by molar-refractivity contribution is 7.83. The van der Waals surface area contributed by atoms with Gasteiger partial charge in [-0.1, -0.05) is 103 Å². The summed E-state index contributed by atoms with van der Waals surface area (Å²) in [6.45, 7) is 2.09. The highest BCUT2D eigenvalue weighted by Gasteiger charge is 2.13. The fourth-order valence-electron chi connectivity index (χ4n) is 3.63. The summed E-state index contributed by atoms with van der Waals surface area (Å²) in [5, 5.41) is 4.30. The number of hydrogen-bond donors (Lipinski definition) is 1. The predicted octanol–water partition coefficient (Wildman–Crippen LogP) is 7.73. The molecule has 148 valence electrons. The van der Waals surface area contributed by atoms with Crippen molar-refractivity contribution >= 4 is 23.4 Å². The van der Waals surface area contributed by atoms with Crippen molar-refractivity contribution in [3.05, 3.63) is 119 Å². The maximum atomic E-state index is 5.37. The standard InChI is InChI=1S/C29H26S/c1-3-4-13-23(2)19-20-28-26(16-9-6-12-21-30)22-25-17-10-11-18-27(25)29(28)24-14-7-5-8-15-24/h1,4-15,17-19,21-22,30H,16,20H2,2H3/b9-6-,13-4-,21-12-,23-19-. The molecule has 3 aromatic rings. The van der Waals surface area contributed by atoms with Crippen LogP contribution in [-0.2, 0) is 12.8 Å². The van der Waals surface area contributed by atoms with Crippen LogP contribution < -0.4 is 0 Å². The van der Waals surface area contributed by atoms with Gasteiger partial charge in [-0.3, -0.25) is 0 Å². The van der Waals surface area contributed by atoms with Crippen molar-refractivity contribution in [2.75, 3.05) is 0 Å². The van der Waals surface area contributed by atoms with E-state index in [4.69, 9.17) is 6.42 Å². The van der Waals surface area contributed by atoms with Crippen molar-refractivity contribution in [3.8, 4) is 23.5 Å². The molecule has 0 aliphatic carbocycles. The topological polar surface area (TPSA) is 0 Å². The second-order valence-corrected chi connectivity index (χ2v) is 7.40. The van der Waals surface area contributed by atoms with Crippen LogP contribution in [0.3, 0.4) is 0 Å². The van der Waals surface area contributed by atoms with Crippen molar-refractivity contribution in [2.24, 2.45) is 0 Å². The molecule has 0 spiro atoms. The van der Waals surface area contributed by atoms with Crippen molar-refractivity contribution in [3.63, 3.8) is 0 Å². The van der Waals surface area contributed by atoms with Crippen LogP contribution in [0.25, 0.3) is 21.9 Å². The van der Waals surface area contributed by atoms with Gasteiger partial charge in [0.05, 0.1) is 0 Å². The molecule has 30 heavy (non-hydrogen) atoms. The third kappa shape index (κ3) is 5.44. The Morgan fingerprint density at radius 2 is 1.77 bits per heavy atom. The quantitative estimate of drug-likeness (QED) is 0.232. The van der Waals surface area contributed by atoms with E-state index in [0.29, 0.717) is 0 Å². The Morgan fingerprint density at radius 3 is 2.53 bits per heavy atom. The van der Waals surface area contributed by atoms with Gasteiger partial charge in [0.15, 0.2) is 0 Å². The molecule has 0 aliphatic heterocycles. The maximum Gasteiger partial charge on any atom is -0.00673 e. The van der Waals surface area contributed by atoms with Gasteiger partial charge in [0.2, 0.25) is 0 Å². The Balaban J connectivity index is 2.21. The van der Waals surface area contributed by atoms with E-state index < -0.39 is 0 Å². The number of terminal acetylenes is 1. The molecule has 3 rings (SSSR count). The highest BCUT2D eigenvalue weighted by Crippen LogP contribution is 2.35.